The van der Waals surface area contributed by atoms with Crippen molar-refractivity contribution in [1.29, 1.82) is 0 Å². The van der Waals surface area contributed by atoms with Crippen LogP contribution in [0.15, 0.2) is 24.3 Å². The van der Waals surface area contributed by atoms with Gasteiger partial charge in [0, 0.05) is 32.6 Å². The maximum absolute atomic E-state index is 14.0. The monoisotopic (exact) mass is 670 g/mol. The van der Waals surface area contributed by atoms with E-state index < -0.39 is 56.7 Å². The molecule has 2 N–H and O–H groups in total. The molecule has 7 rings (SSSR count). The summed E-state index contributed by atoms with van der Waals surface area (Å²) in [6.07, 6.45) is 8.74. The van der Waals surface area contributed by atoms with E-state index in [-0.39, 0.29) is 37.9 Å². The van der Waals surface area contributed by atoms with Crippen LogP contribution >= 0.6 is 0 Å². The Balaban J connectivity index is 1.08. The lowest BCUT2D eigenvalue weighted by atomic mass is 9.93. The molecule has 3 fully saturated rings. The molecule has 4 amide bonds. The Kier molecular flexibility index (Phi) is 8.34. The van der Waals surface area contributed by atoms with Gasteiger partial charge in [-0.05, 0) is 74.6 Å². The van der Waals surface area contributed by atoms with Crippen molar-refractivity contribution in [2.75, 3.05) is 20.4 Å². The summed E-state index contributed by atoms with van der Waals surface area (Å²) in [5.74, 6) is -2.18. The van der Waals surface area contributed by atoms with E-state index in [1.807, 2.05) is 24.3 Å². The molecule has 3 heterocycles. The zero-order chi connectivity index (χ0) is 32.9. The molecule has 0 bridgehead atoms. The van der Waals surface area contributed by atoms with E-state index in [4.69, 9.17) is 14.2 Å². The van der Waals surface area contributed by atoms with Crippen LogP contribution in [0, 0.1) is 17.8 Å². The molecule has 1 aromatic carbocycles. The maximum atomic E-state index is 14.0. The van der Waals surface area contributed by atoms with E-state index in [2.05, 4.69) is 10.0 Å². The average Bonchev–Trinajstić information content (AvgIpc) is 3.85. The van der Waals surface area contributed by atoms with Crippen LogP contribution < -0.4 is 19.5 Å². The molecule has 14 heteroatoms. The second-order valence-corrected chi connectivity index (χ2v) is 15.8. The third-order valence-electron chi connectivity index (χ3n) is 10.4. The van der Waals surface area contributed by atoms with Gasteiger partial charge in [-0.15, -0.1) is 0 Å². The molecule has 254 valence electrons. The number of fused-ring (bicyclic) bond motifs is 4. The van der Waals surface area contributed by atoms with Crippen LogP contribution in [0.3, 0.4) is 0 Å². The van der Waals surface area contributed by atoms with E-state index in [0.717, 1.165) is 43.2 Å². The van der Waals surface area contributed by atoms with Gasteiger partial charge in [-0.1, -0.05) is 25.0 Å². The summed E-state index contributed by atoms with van der Waals surface area (Å²) in [5.41, 5.74) is 0.457. The predicted octanol–water partition coefficient (Wildman–Crippen LogP) is 2.72. The minimum absolute atomic E-state index is 0.108. The summed E-state index contributed by atoms with van der Waals surface area (Å²) in [6, 6.07) is 3.74. The molecule has 47 heavy (non-hydrogen) atoms. The van der Waals surface area contributed by atoms with Crippen LogP contribution in [0.4, 0.5) is 4.79 Å². The van der Waals surface area contributed by atoms with Crippen molar-refractivity contribution in [2.45, 2.75) is 94.2 Å². The molecule has 0 spiro atoms. The number of amides is 4. The molecule has 13 nitrogen and oxygen atoms in total. The van der Waals surface area contributed by atoms with Gasteiger partial charge in [0.15, 0.2) is 11.5 Å². The number of hydrogen-bond acceptors (Lipinski definition) is 9. The molecule has 3 saturated carbocycles. The van der Waals surface area contributed by atoms with Crippen molar-refractivity contribution in [3.05, 3.63) is 35.4 Å². The minimum atomic E-state index is -3.83. The first-order chi connectivity index (χ1) is 22.5. The first-order valence-corrected chi connectivity index (χ1v) is 18.3. The number of rotatable bonds is 4. The first kappa shape index (κ1) is 31.8. The summed E-state index contributed by atoms with van der Waals surface area (Å²) in [6.45, 7) is 1.38. The predicted molar refractivity (Wildman–Crippen MR) is 167 cm³/mol. The van der Waals surface area contributed by atoms with Gasteiger partial charge in [0.2, 0.25) is 28.6 Å². The van der Waals surface area contributed by atoms with Crippen molar-refractivity contribution >= 4 is 33.8 Å². The van der Waals surface area contributed by atoms with Gasteiger partial charge in [-0.2, -0.15) is 0 Å². The highest BCUT2D eigenvalue weighted by atomic mass is 32.2. The summed E-state index contributed by atoms with van der Waals surface area (Å²) in [7, 11) is -2.11. The van der Waals surface area contributed by atoms with E-state index >= 15 is 0 Å². The van der Waals surface area contributed by atoms with Crippen LogP contribution in [-0.4, -0.2) is 79.3 Å². The maximum Gasteiger partial charge on any atom is 0.410 e. The fourth-order valence-electron chi connectivity index (χ4n) is 7.38. The zero-order valence-electron chi connectivity index (χ0n) is 26.6. The highest BCUT2D eigenvalue weighted by molar-refractivity contribution is 7.91. The number of ether oxygens (including phenoxy) is 3. The van der Waals surface area contributed by atoms with Gasteiger partial charge in [-0.25, -0.2) is 13.2 Å². The van der Waals surface area contributed by atoms with Gasteiger partial charge in [0.05, 0.1) is 17.1 Å². The third kappa shape index (κ3) is 6.40. The summed E-state index contributed by atoms with van der Waals surface area (Å²) in [4.78, 5) is 57.9. The Morgan fingerprint density at radius 3 is 2.38 bits per heavy atom. The molecule has 0 saturated heterocycles. The number of carbonyl (C=O) groups is 4. The Labute approximate surface area is 274 Å². The highest BCUT2D eigenvalue weighted by Crippen LogP contribution is 2.47. The fourth-order valence-corrected chi connectivity index (χ4v) is 8.74. The molecular weight excluding hydrogens is 628 g/mol. The smallest absolute Gasteiger partial charge is 0.410 e. The molecule has 5 atom stereocenters. The molecular formula is C33H42N4O9S. The molecule has 0 radical (unpaired) electrons. The Morgan fingerprint density at radius 2 is 1.68 bits per heavy atom. The summed E-state index contributed by atoms with van der Waals surface area (Å²) < 4.78 is 44.5. The number of sulfonamides is 1. The van der Waals surface area contributed by atoms with Gasteiger partial charge in [0.1, 0.15) is 11.6 Å². The standard InChI is InChI=1S/C33H42N4O9S/c1-36-11-7-5-3-2-4-6-8-22-16-33(22,31(40)35-47(42,43)24-9-10-24)34-29(38)25-14-23(15-26(25)30(36)39)46-32(41)37-17-20-12-27-28(45-19-44-27)13-21(20)18-37/h6,8,12-13,22-26H,2-5,7,9-11,14-19H2,1H3,(H,34,38)(H,35,40). The normalized spacial score (nSPS) is 30.7. The van der Waals surface area contributed by atoms with Crippen molar-refractivity contribution in [1.82, 2.24) is 19.8 Å². The zero-order valence-corrected chi connectivity index (χ0v) is 27.4. The average molecular weight is 671 g/mol. The number of hydrogen-bond donors (Lipinski definition) is 2. The number of carbonyl (C=O) groups excluding carboxylic acids is 4. The van der Waals surface area contributed by atoms with Crippen molar-refractivity contribution < 1.29 is 41.8 Å². The van der Waals surface area contributed by atoms with Gasteiger partial charge in [-0.3, -0.25) is 24.0 Å². The molecule has 3 aliphatic carbocycles. The third-order valence-corrected chi connectivity index (χ3v) is 12.3. The topological polar surface area (TPSA) is 161 Å². The number of benzene rings is 1. The Hall–Kier alpha value is -3.81. The van der Waals surface area contributed by atoms with Crippen LogP contribution in [0.25, 0.3) is 0 Å². The lowest BCUT2D eigenvalue weighted by Gasteiger charge is -2.26. The number of allylic oxidation sites excluding steroid dienone is 1. The van der Waals surface area contributed by atoms with Gasteiger partial charge in [0.25, 0.3) is 5.91 Å². The van der Waals surface area contributed by atoms with E-state index in [0.29, 0.717) is 44.0 Å². The lowest BCUT2D eigenvalue weighted by Crippen LogP contribution is -2.54. The fraction of sp³-hybridized carbons (Fsp3) is 0.636. The highest BCUT2D eigenvalue weighted by Gasteiger charge is 2.62. The largest absolute Gasteiger partial charge is 0.454 e. The first-order valence-electron chi connectivity index (χ1n) is 16.7. The van der Waals surface area contributed by atoms with E-state index in [1.54, 1.807) is 16.8 Å². The van der Waals surface area contributed by atoms with Crippen molar-refractivity contribution in [2.24, 2.45) is 17.8 Å². The Bertz CT molecular complexity index is 1580. The summed E-state index contributed by atoms with van der Waals surface area (Å²) in [5, 5.41) is 2.30. The second-order valence-electron chi connectivity index (χ2n) is 13.9. The van der Waals surface area contributed by atoms with Crippen LogP contribution in [0.1, 0.15) is 75.3 Å². The van der Waals surface area contributed by atoms with E-state index in [9.17, 15) is 27.6 Å². The van der Waals surface area contributed by atoms with Crippen molar-refractivity contribution in [3.8, 4) is 11.5 Å². The minimum Gasteiger partial charge on any atom is -0.454 e. The number of nitrogens with one attached hydrogen (secondary N) is 2. The van der Waals surface area contributed by atoms with Gasteiger partial charge >= 0.3 is 6.09 Å². The second kappa shape index (κ2) is 12.3. The quantitative estimate of drug-likeness (QED) is 0.459. The van der Waals surface area contributed by atoms with Crippen LogP contribution in [0.2, 0.25) is 0 Å². The molecule has 0 aromatic heterocycles. The van der Waals surface area contributed by atoms with Gasteiger partial charge < -0.3 is 24.4 Å². The Morgan fingerprint density at radius 1 is 1.00 bits per heavy atom. The molecule has 1 aromatic rings. The van der Waals surface area contributed by atoms with Crippen molar-refractivity contribution in [3.63, 3.8) is 0 Å². The van der Waals surface area contributed by atoms with Crippen LogP contribution in [0.5, 0.6) is 11.5 Å². The van der Waals surface area contributed by atoms with E-state index in [1.165, 1.54) is 0 Å². The molecule has 6 aliphatic rings. The summed E-state index contributed by atoms with van der Waals surface area (Å²) >= 11 is 0. The molecule has 3 aliphatic heterocycles. The number of nitrogens with zero attached hydrogens (tertiary/aromatic N) is 2. The lowest BCUT2D eigenvalue weighted by molar-refractivity contribution is -0.140. The SMILES string of the molecule is CN1CCCCCCC=CC2CC2(C(=O)NS(=O)(=O)C2CC2)NC(=O)C2CC(OC(=O)N3Cc4cc5c(cc4C3)OCO5)CC2C1=O. The molecule has 5 unspecified atom stereocenters. The van der Waals surface area contributed by atoms with Crippen LogP contribution in [-0.2, 0) is 42.2 Å².